The maximum Gasteiger partial charge on any atom is 0.409 e. The Hall–Kier alpha value is -1.78. The van der Waals surface area contributed by atoms with E-state index >= 15 is 0 Å². The first kappa shape index (κ1) is 9.31. The molecule has 70 valence electrons. The Morgan fingerprint density at radius 1 is 1.62 bits per heavy atom. The fraction of sp³-hybridized carbons (Fsp3) is 0.125. The van der Waals surface area contributed by atoms with E-state index in [-0.39, 0.29) is 5.69 Å². The number of rotatable bonds is 1. The van der Waals surface area contributed by atoms with Crippen LogP contribution in [0.4, 0.5) is 20.6 Å². The molecule has 0 aliphatic rings. The van der Waals surface area contributed by atoms with Crippen molar-refractivity contribution in [3.05, 3.63) is 23.5 Å². The normalized spacial score (nSPS) is 9.69. The molecule has 0 atom stereocenters. The summed E-state index contributed by atoms with van der Waals surface area (Å²) in [5.41, 5.74) is 5.97. The van der Waals surface area contributed by atoms with Crippen molar-refractivity contribution in [3.63, 3.8) is 0 Å². The molecule has 0 heterocycles. The summed E-state index contributed by atoms with van der Waals surface area (Å²) in [7, 11) is 0. The van der Waals surface area contributed by atoms with Gasteiger partial charge in [0.25, 0.3) is 0 Å². The molecule has 13 heavy (non-hydrogen) atoms. The highest BCUT2D eigenvalue weighted by atomic mass is 19.1. The molecule has 1 amide bonds. The number of nitrogens with one attached hydrogen (secondary N) is 1. The summed E-state index contributed by atoms with van der Waals surface area (Å²) in [4.78, 5) is 10.3. The Bertz CT molecular complexity index is 352. The fourth-order valence-corrected chi connectivity index (χ4v) is 0.939. The van der Waals surface area contributed by atoms with Gasteiger partial charge in [-0.1, -0.05) is 0 Å². The SMILES string of the molecule is Cc1cc(F)c(N)cc1NC(=O)O. The fourth-order valence-electron chi connectivity index (χ4n) is 0.939. The molecule has 0 unspecified atom stereocenters. The summed E-state index contributed by atoms with van der Waals surface area (Å²) in [6, 6.07) is 2.43. The van der Waals surface area contributed by atoms with Gasteiger partial charge >= 0.3 is 6.09 Å². The maximum absolute atomic E-state index is 12.8. The third-order valence-corrected chi connectivity index (χ3v) is 1.59. The number of hydrogen-bond donors (Lipinski definition) is 3. The lowest BCUT2D eigenvalue weighted by atomic mass is 10.2. The maximum atomic E-state index is 12.8. The molecule has 0 radical (unpaired) electrons. The average Bonchev–Trinajstić information content (AvgIpc) is 1.99. The minimum Gasteiger partial charge on any atom is -0.465 e. The molecule has 0 saturated heterocycles. The van der Waals surface area contributed by atoms with E-state index in [9.17, 15) is 9.18 Å². The Balaban J connectivity index is 3.08. The van der Waals surface area contributed by atoms with Gasteiger partial charge in [0.2, 0.25) is 0 Å². The Morgan fingerprint density at radius 3 is 2.77 bits per heavy atom. The molecule has 5 heteroatoms. The van der Waals surface area contributed by atoms with Gasteiger partial charge in [0.15, 0.2) is 0 Å². The van der Waals surface area contributed by atoms with Crippen molar-refractivity contribution >= 4 is 17.5 Å². The van der Waals surface area contributed by atoms with E-state index in [1.807, 2.05) is 0 Å². The van der Waals surface area contributed by atoms with Crippen LogP contribution in [0.25, 0.3) is 0 Å². The number of hydrogen-bond acceptors (Lipinski definition) is 2. The molecule has 1 aromatic rings. The number of halogens is 1. The summed E-state index contributed by atoms with van der Waals surface area (Å²) >= 11 is 0. The largest absolute Gasteiger partial charge is 0.465 e. The molecule has 4 N–H and O–H groups in total. The van der Waals surface area contributed by atoms with E-state index in [1.165, 1.54) is 12.1 Å². The van der Waals surface area contributed by atoms with Gasteiger partial charge in [-0.15, -0.1) is 0 Å². The first-order valence-electron chi connectivity index (χ1n) is 3.56. The molecule has 1 rings (SSSR count). The van der Waals surface area contributed by atoms with E-state index in [0.717, 1.165) is 0 Å². The monoisotopic (exact) mass is 184 g/mol. The van der Waals surface area contributed by atoms with Crippen molar-refractivity contribution in [1.82, 2.24) is 0 Å². The lowest BCUT2D eigenvalue weighted by Gasteiger charge is -2.06. The highest BCUT2D eigenvalue weighted by Crippen LogP contribution is 2.21. The lowest BCUT2D eigenvalue weighted by molar-refractivity contribution is 0.209. The first-order valence-corrected chi connectivity index (χ1v) is 3.56. The smallest absolute Gasteiger partial charge is 0.409 e. The third-order valence-electron chi connectivity index (χ3n) is 1.59. The van der Waals surface area contributed by atoms with Crippen LogP contribution in [0.1, 0.15) is 5.56 Å². The summed E-state index contributed by atoms with van der Waals surface area (Å²) in [6.07, 6.45) is -1.20. The molecule has 0 aliphatic heterocycles. The summed E-state index contributed by atoms with van der Waals surface area (Å²) in [5.74, 6) is -0.548. The zero-order valence-electron chi connectivity index (χ0n) is 6.97. The van der Waals surface area contributed by atoms with Crippen molar-refractivity contribution in [2.24, 2.45) is 0 Å². The van der Waals surface area contributed by atoms with Crippen molar-refractivity contribution in [1.29, 1.82) is 0 Å². The van der Waals surface area contributed by atoms with Gasteiger partial charge in [-0.3, -0.25) is 5.32 Å². The van der Waals surface area contributed by atoms with Gasteiger partial charge in [-0.25, -0.2) is 9.18 Å². The van der Waals surface area contributed by atoms with Gasteiger partial charge in [0.1, 0.15) is 5.82 Å². The predicted octanol–water partition coefficient (Wildman–Crippen LogP) is 1.81. The highest BCUT2D eigenvalue weighted by molar-refractivity contribution is 5.84. The molecule has 0 saturated carbocycles. The van der Waals surface area contributed by atoms with Crippen molar-refractivity contribution < 1.29 is 14.3 Å². The molecule has 0 aromatic heterocycles. The van der Waals surface area contributed by atoms with Crippen LogP contribution in [0.3, 0.4) is 0 Å². The first-order chi connectivity index (χ1) is 6.00. The molecular weight excluding hydrogens is 175 g/mol. The standard InChI is InChI=1S/C8H9FN2O2/c1-4-2-5(9)6(10)3-7(4)11-8(12)13/h2-3,11H,10H2,1H3,(H,12,13). The summed E-state index contributed by atoms with van der Waals surface area (Å²) < 4.78 is 12.8. The van der Waals surface area contributed by atoms with Crippen LogP contribution in [0.2, 0.25) is 0 Å². The van der Waals surface area contributed by atoms with E-state index < -0.39 is 11.9 Å². The van der Waals surface area contributed by atoms with Gasteiger partial charge < -0.3 is 10.8 Å². The van der Waals surface area contributed by atoms with E-state index in [1.54, 1.807) is 6.92 Å². The van der Waals surface area contributed by atoms with Gasteiger partial charge in [-0.2, -0.15) is 0 Å². The van der Waals surface area contributed by atoms with Crippen LogP contribution in [-0.4, -0.2) is 11.2 Å². The van der Waals surface area contributed by atoms with E-state index in [2.05, 4.69) is 5.32 Å². The second-order valence-corrected chi connectivity index (χ2v) is 2.62. The topological polar surface area (TPSA) is 75.3 Å². The molecular formula is C8H9FN2O2. The van der Waals surface area contributed by atoms with Crippen molar-refractivity contribution in [2.45, 2.75) is 6.92 Å². The zero-order chi connectivity index (χ0) is 10.0. The molecule has 4 nitrogen and oxygen atoms in total. The molecule has 0 bridgehead atoms. The molecule has 1 aromatic carbocycles. The Morgan fingerprint density at radius 2 is 2.23 bits per heavy atom. The summed E-state index contributed by atoms with van der Waals surface area (Å²) in [5, 5.41) is 10.5. The third kappa shape index (κ3) is 2.08. The van der Waals surface area contributed by atoms with Crippen LogP contribution in [0, 0.1) is 12.7 Å². The minimum atomic E-state index is -1.20. The van der Waals surface area contributed by atoms with Crippen molar-refractivity contribution in [2.75, 3.05) is 11.1 Å². The number of benzene rings is 1. The van der Waals surface area contributed by atoms with Gasteiger partial charge in [-0.05, 0) is 24.6 Å². The average molecular weight is 184 g/mol. The Labute approximate surface area is 74.2 Å². The number of carbonyl (C=O) groups is 1. The number of carboxylic acid groups (broad SMARTS) is 1. The summed E-state index contributed by atoms with van der Waals surface area (Å²) in [6.45, 7) is 1.59. The Kier molecular flexibility index (Phi) is 2.36. The number of amides is 1. The zero-order valence-corrected chi connectivity index (χ0v) is 6.97. The lowest BCUT2D eigenvalue weighted by Crippen LogP contribution is -2.09. The molecule has 0 fully saturated rings. The van der Waals surface area contributed by atoms with Gasteiger partial charge in [0.05, 0.1) is 5.69 Å². The van der Waals surface area contributed by atoms with E-state index in [0.29, 0.717) is 11.3 Å². The number of nitrogen functional groups attached to an aromatic ring is 1. The van der Waals surface area contributed by atoms with Gasteiger partial charge in [0, 0.05) is 5.69 Å². The number of anilines is 2. The quantitative estimate of drug-likeness (QED) is 0.582. The second-order valence-electron chi connectivity index (χ2n) is 2.62. The predicted molar refractivity (Wildman–Crippen MR) is 47.2 cm³/mol. The van der Waals surface area contributed by atoms with E-state index in [4.69, 9.17) is 10.8 Å². The van der Waals surface area contributed by atoms with Crippen LogP contribution >= 0.6 is 0 Å². The van der Waals surface area contributed by atoms with Crippen LogP contribution in [0.15, 0.2) is 12.1 Å². The minimum absolute atomic E-state index is 0.0747. The molecule has 0 spiro atoms. The van der Waals surface area contributed by atoms with Crippen LogP contribution in [0.5, 0.6) is 0 Å². The number of aryl methyl sites for hydroxylation is 1. The highest BCUT2D eigenvalue weighted by Gasteiger charge is 2.06. The van der Waals surface area contributed by atoms with Crippen LogP contribution in [-0.2, 0) is 0 Å². The molecule has 0 aliphatic carbocycles. The second kappa shape index (κ2) is 3.30. The van der Waals surface area contributed by atoms with Crippen LogP contribution < -0.4 is 11.1 Å². The van der Waals surface area contributed by atoms with Crippen molar-refractivity contribution in [3.8, 4) is 0 Å². The number of nitrogens with two attached hydrogens (primary N) is 1.